The maximum Gasteiger partial charge on any atom is 0.356 e. The number of fused-ring (bicyclic) bond motifs is 1. The fourth-order valence-corrected chi connectivity index (χ4v) is 1.66. The summed E-state index contributed by atoms with van der Waals surface area (Å²) in [6, 6.07) is 6.60. The van der Waals surface area contributed by atoms with Crippen molar-refractivity contribution in [2.75, 3.05) is 0 Å². The minimum atomic E-state index is -1.15. The van der Waals surface area contributed by atoms with Gasteiger partial charge in [-0.15, -0.1) is 0 Å². The summed E-state index contributed by atoms with van der Waals surface area (Å²) in [5, 5.41) is 18.9. The maximum absolute atomic E-state index is 10.7. The largest absolute Gasteiger partial charge is 0.476 e. The normalized spacial score (nSPS) is 10.6. The number of carboxylic acid groups (broad SMARTS) is 1. The van der Waals surface area contributed by atoms with Crippen molar-refractivity contribution in [2.45, 2.75) is 0 Å². The number of halogens is 1. The first kappa shape index (κ1) is 9.08. The lowest BCUT2D eigenvalue weighted by atomic mass is 10.2. The van der Waals surface area contributed by atoms with Gasteiger partial charge in [0.2, 0.25) is 0 Å². The lowest BCUT2D eigenvalue weighted by Gasteiger charge is -1.97. The molecule has 2 rings (SSSR count). The van der Waals surface area contributed by atoms with Gasteiger partial charge < -0.3 is 10.3 Å². The summed E-state index contributed by atoms with van der Waals surface area (Å²) in [6.45, 7) is 0. The summed E-state index contributed by atoms with van der Waals surface area (Å²) in [5.41, 5.74) is 0.329. The van der Waals surface area contributed by atoms with Gasteiger partial charge in [0, 0.05) is 9.86 Å². The van der Waals surface area contributed by atoms with E-state index in [9.17, 15) is 10.0 Å². The first-order valence-electron chi connectivity index (χ1n) is 3.83. The minimum Gasteiger partial charge on any atom is -0.476 e. The van der Waals surface area contributed by atoms with Crippen LogP contribution in [0.3, 0.4) is 0 Å². The molecular formula is C9H6BrNO3. The predicted molar refractivity (Wildman–Crippen MR) is 53.8 cm³/mol. The highest BCUT2D eigenvalue weighted by atomic mass is 79.9. The van der Waals surface area contributed by atoms with E-state index in [-0.39, 0.29) is 5.69 Å². The molecule has 0 aliphatic heterocycles. The molecule has 72 valence electrons. The Hall–Kier alpha value is -1.49. The Morgan fingerprint density at radius 3 is 2.71 bits per heavy atom. The Bertz CT molecular complexity index is 518. The molecule has 0 spiro atoms. The molecule has 5 heteroatoms. The van der Waals surface area contributed by atoms with Crippen LogP contribution in [0.15, 0.2) is 28.7 Å². The van der Waals surface area contributed by atoms with Crippen molar-refractivity contribution in [3.05, 3.63) is 34.4 Å². The van der Waals surface area contributed by atoms with Crippen LogP contribution in [0.1, 0.15) is 10.5 Å². The molecule has 14 heavy (non-hydrogen) atoms. The topological polar surface area (TPSA) is 62.5 Å². The molecular weight excluding hydrogens is 250 g/mol. The number of aromatic nitrogens is 1. The second-order valence-electron chi connectivity index (χ2n) is 2.85. The minimum absolute atomic E-state index is 0.141. The quantitative estimate of drug-likeness (QED) is 0.769. The summed E-state index contributed by atoms with van der Waals surface area (Å²) >= 11 is 3.24. The predicted octanol–water partition coefficient (Wildman–Crippen LogP) is 2.34. The van der Waals surface area contributed by atoms with Crippen molar-refractivity contribution in [1.82, 2.24) is 4.73 Å². The van der Waals surface area contributed by atoms with Crippen LogP contribution in [0.4, 0.5) is 0 Å². The molecule has 1 aromatic heterocycles. The van der Waals surface area contributed by atoms with Gasteiger partial charge in [-0.25, -0.2) is 4.79 Å². The second kappa shape index (κ2) is 3.02. The summed E-state index contributed by atoms with van der Waals surface area (Å²) in [7, 11) is 0. The van der Waals surface area contributed by atoms with Crippen LogP contribution in [0.25, 0.3) is 10.9 Å². The Balaban J connectivity index is 2.80. The van der Waals surface area contributed by atoms with Crippen molar-refractivity contribution < 1.29 is 15.1 Å². The molecule has 0 bridgehead atoms. The molecule has 0 aliphatic rings. The van der Waals surface area contributed by atoms with E-state index in [1.165, 1.54) is 6.07 Å². The monoisotopic (exact) mass is 255 g/mol. The number of benzene rings is 1. The molecule has 0 fully saturated rings. The van der Waals surface area contributed by atoms with Crippen molar-refractivity contribution >= 4 is 32.8 Å². The fourth-order valence-electron chi connectivity index (χ4n) is 1.31. The Kier molecular flexibility index (Phi) is 1.96. The third kappa shape index (κ3) is 1.26. The van der Waals surface area contributed by atoms with Gasteiger partial charge in [-0.2, -0.15) is 4.73 Å². The van der Waals surface area contributed by atoms with Crippen LogP contribution >= 0.6 is 15.9 Å². The summed E-state index contributed by atoms with van der Waals surface area (Å²) in [6.07, 6.45) is 0. The van der Waals surface area contributed by atoms with Crippen LogP contribution in [0, 0.1) is 0 Å². The van der Waals surface area contributed by atoms with Gasteiger partial charge in [0.1, 0.15) is 0 Å². The Morgan fingerprint density at radius 1 is 1.36 bits per heavy atom. The molecule has 0 radical (unpaired) electrons. The van der Waals surface area contributed by atoms with Crippen LogP contribution < -0.4 is 0 Å². The highest BCUT2D eigenvalue weighted by Gasteiger charge is 2.13. The standard InChI is InChI=1S/C9H6BrNO3/c10-6-2-1-5-3-8(9(12)13)11(14)7(5)4-6/h1-4,14H,(H,12,13). The van der Waals surface area contributed by atoms with Gasteiger partial charge in [-0.1, -0.05) is 22.0 Å². The molecule has 2 aromatic rings. The molecule has 0 amide bonds. The molecule has 0 aliphatic carbocycles. The third-order valence-corrected chi connectivity index (χ3v) is 2.45. The van der Waals surface area contributed by atoms with Crippen molar-refractivity contribution in [3.63, 3.8) is 0 Å². The number of hydrogen-bond acceptors (Lipinski definition) is 2. The van der Waals surface area contributed by atoms with Gasteiger partial charge in [-0.3, -0.25) is 0 Å². The molecule has 4 nitrogen and oxygen atoms in total. The van der Waals surface area contributed by atoms with Crippen LogP contribution in [0.5, 0.6) is 0 Å². The van der Waals surface area contributed by atoms with Crippen molar-refractivity contribution in [3.8, 4) is 0 Å². The van der Waals surface area contributed by atoms with Gasteiger partial charge in [-0.05, 0) is 18.2 Å². The van der Waals surface area contributed by atoms with E-state index in [0.29, 0.717) is 15.6 Å². The number of carbonyl (C=O) groups is 1. The molecule has 0 unspecified atom stereocenters. The average molecular weight is 256 g/mol. The molecule has 2 N–H and O–H groups in total. The molecule has 0 saturated carbocycles. The average Bonchev–Trinajstić information content (AvgIpc) is 2.44. The SMILES string of the molecule is O=C(O)c1cc2ccc(Br)cc2n1O. The molecule has 0 saturated heterocycles. The zero-order valence-electron chi connectivity index (χ0n) is 6.94. The first-order valence-corrected chi connectivity index (χ1v) is 4.62. The summed E-state index contributed by atoms with van der Waals surface area (Å²) in [4.78, 5) is 10.7. The maximum atomic E-state index is 10.7. The third-order valence-electron chi connectivity index (χ3n) is 1.96. The van der Waals surface area contributed by atoms with Gasteiger partial charge in [0.25, 0.3) is 0 Å². The smallest absolute Gasteiger partial charge is 0.356 e. The van der Waals surface area contributed by atoms with Crippen LogP contribution in [-0.4, -0.2) is 21.0 Å². The van der Waals surface area contributed by atoms with E-state index >= 15 is 0 Å². The van der Waals surface area contributed by atoms with E-state index < -0.39 is 5.97 Å². The lowest BCUT2D eigenvalue weighted by Crippen LogP contribution is -2.04. The summed E-state index contributed by atoms with van der Waals surface area (Å²) in [5.74, 6) is -1.15. The van der Waals surface area contributed by atoms with Gasteiger partial charge >= 0.3 is 5.97 Å². The zero-order valence-corrected chi connectivity index (χ0v) is 8.52. The van der Waals surface area contributed by atoms with E-state index in [2.05, 4.69) is 15.9 Å². The van der Waals surface area contributed by atoms with E-state index in [1.54, 1.807) is 18.2 Å². The van der Waals surface area contributed by atoms with Crippen LogP contribution in [0.2, 0.25) is 0 Å². The number of nitrogens with zero attached hydrogens (tertiary/aromatic N) is 1. The highest BCUT2D eigenvalue weighted by Crippen LogP contribution is 2.22. The molecule has 1 aromatic carbocycles. The summed E-state index contributed by atoms with van der Waals surface area (Å²) < 4.78 is 1.46. The van der Waals surface area contributed by atoms with E-state index in [4.69, 9.17) is 5.11 Å². The van der Waals surface area contributed by atoms with Crippen molar-refractivity contribution in [2.24, 2.45) is 0 Å². The Labute approximate surface area is 87.5 Å². The highest BCUT2D eigenvalue weighted by molar-refractivity contribution is 9.10. The molecule has 0 atom stereocenters. The number of aromatic carboxylic acids is 1. The number of rotatable bonds is 1. The van der Waals surface area contributed by atoms with Crippen molar-refractivity contribution in [1.29, 1.82) is 0 Å². The number of carboxylic acids is 1. The zero-order chi connectivity index (χ0) is 10.3. The van der Waals surface area contributed by atoms with E-state index in [0.717, 1.165) is 4.47 Å². The molecule has 1 heterocycles. The number of hydrogen-bond donors (Lipinski definition) is 2. The fraction of sp³-hybridized carbons (Fsp3) is 0. The Morgan fingerprint density at radius 2 is 2.07 bits per heavy atom. The van der Waals surface area contributed by atoms with Crippen LogP contribution in [-0.2, 0) is 0 Å². The van der Waals surface area contributed by atoms with Gasteiger partial charge in [0.05, 0.1) is 5.52 Å². The van der Waals surface area contributed by atoms with Gasteiger partial charge in [0.15, 0.2) is 5.69 Å². The first-order chi connectivity index (χ1) is 6.59. The van der Waals surface area contributed by atoms with E-state index in [1.807, 2.05) is 0 Å². The lowest BCUT2D eigenvalue weighted by molar-refractivity contribution is 0.0649. The second-order valence-corrected chi connectivity index (χ2v) is 3.77.